The normalized spacial score (nSPS) is 21.4. The summed E-state index contributed by atoms with van der Waals surface area (Å²) in [6, 6.07) is 3.72. The number of aromatic amines is 2. The lowest BCUT2D eigenvalue weighted by atomic mass is 10.1. The van der Waals surface area contributed by atoms with Crippen LogP contribution in [0.15, 0.2) is 32.9 Å². The molecule has 126 valence electrons. The van der Waals surface area contributed by atoms with Crippen molar-refractivity contribution in [2.75, 3.05) is 13.2 Å². The van der Waals surface area contributed by atoms with E-state index in [1.54, 1.807) is 18.3 Å². The fraction of sp³-hybridized carbons (Fsp3) is 0.438. The molecule has 7 nitrogen and oxygen atoms in total. The van der Waals surface area contributed by atoms with Crippen LogP contribution in [0.3, 0.4) is 0 Å². The molecule has 4 heterocycles. The van der Waals surface area contributed by atoms with Gasteiger partial charge in [0.1, 0.15) is 0 Å². The number of aromatic nitrogens is 3. The Balaban J connectivity index is 1.86. The van der Waals surface area contributed by atoms with Gasteiger partial charge in [0.05, 0.1) is 21.9 Å². The summed E-state index contributed by atoms with van der Waals surface area (Å²) in [7, 11) is 0. The molecule has 2 aromatic heterocycles. The largest absolute Gasteiger partial charge is 0.381 e. The van der Waals surface area contributed by atoms with Crippen LogP contribution < -0.4 is 11.1 Å². The monoisotopic (exact) mass is 346 g/mol. The van der Waals surface area contributed by atoms with Crippen LogP contribution in [0.2, 0.25) is 0 Å². The number of thioether (sulfide) groups is 1. The van der Waals surface area contributed by atoms with Crippen molar-refractivity contribution in [3.05, 3.63) is 50.2 Å². The van der Waals surface area contributed by atoms with Gasteiger partial charge in [-0.3, -0.25) is 19.4 Å². The summed E-state index contributed by atoms with van der Waals surface area (Å²) < 4.78 is 7.28. The second-order valence-corrected chi connectivity index (χ2v) is 7.27. The number of ether oxygens (including phenoxy) is 1. The highest BCUT2D eigenvalue weighted by Crippen LogP contribution is 2.43. The molecule has 0 aliphatic carbocycles. The fourth-order valence-corrected chi connectivity index (χ4v) is 4.40. The van der Waals surface area contributed by atoms with Crippen LogP contribution in [0.1, 0.15) is 42.2 Å². The summed E-state index contributed by atoms with van der Waals surface area (Å²) in [6.07, 6.45) is 3.28. The maximum atomic E-state index is 12.6. The zero-order valence-electron chi connectivity index (χ0n) is 13.2. The topological polar surface area (TPSA) is 92.2 Å². The van der Waals surface area contributed by atoms with Gasteiger partial charge in [-0.15, -0.1) is 0 Å². The van der Waals surface area contributed by atoms with Crippen LogP contribution in [-0.4, -0.2) is 33.0 Å². The second-order valence-electron chi connectivity index (χ2n) is 5.98. The van der Waals surface area contributed by atoms with E-state index in [-0.39, 0.29) is 22.4 Å². The zero-order chi connectivity index (χ0) is 16.7. The first kappa shape index (κ1) is 15.5. The molecule has 1 atom stereocenters. The smallest absolute Gasteiger partial charge is 0.271 e. The number of fused-ring (bicyclic) bond motifs is 1. The highest BCUT2D eigenvalue weighted by atomic mass is 32.2. The molecule has 0 aromatic carbocycles. The van der Waals surface area contributed by atoms with E-state index in [0.717, 1.165) is 17.9 Å². The molecule has 2 aliphatic heterocycles. The van der Waals surface area contributed by atoms with Crippen molar-refractivity contribution in [3.63, 3.8) is 0 Å². The lowest BCUT2D eigenvalue weighted by Crippen LogP contribution is -2.21. The molecule has 2 N–H and O–H groups in total. The lowest BCUT2D eigenvalue weighted by Gasteiger charge is -2.26. The van der Waals surface area contributed by atoms with E-state index < -0.39 is 0 Å². The molecule has 2 aliphatic rings. The van der Waals surface area contributed by atoms with Crippen molar-refractivity contribution in [2.24, 2.45) is 4.99 Å². The Kier molecular flexibility index (Phi) is 3.93. The quantitative estimate of drug-likeness (QED) is 0.871. The highest BCUT2D eigenvalue weighted by molar-refractivity contribution is 8.14. The lowest BCUT2D eigenvalue weighted by molar-refractivity contribution is 0.0666. The summed E-state index contributed by atoms with van der Waals surface area (Å²) in [4.78, 5) is 32.1. The number of hydrogen-bond acceptors (Lipinski definition) is 5. The molecule has 0 spiro atoms. The number of aliphatic imine (C=N–C) groups is 1. The molecule has 0 radical (unpaired) electrons. The number of hydrogen-bond donors (Lipinski definition) is 2. The van der Waals surface area contributed by atoms with Crippen molar-refractivity contribution in [1.82, 2.24) is 14.8 Å². The molecule has 0 bridgehead atoms. The molecule has 0 amide bonds. The summed E-state index contributed by atoms with van der Waals surface area (Å²) in [5, 5.41) is 3.44. The van der Waals surface area contributed by atoms with Gasteiger partial charge in [-0.05, 0) is 25.8 Å². The summed E-state index contributed by atoms with van der Waals surface area (Å²) in [5.41, 5.74) is 0.796. The number of nitrogens with zero attached hydrogens (tertiary/aromatic N) is 2. The predicted molar refractivity (Wildman–Crippen MR) is 93.4 cm³/mol. The maximum Gasteiger partial charge on any atom is 0.271 e. The Morgan fingerprint density at radius 2 is 2.08 bits per heavy atom. The first-order valence-electron chi connectivity index (χ1n) is 7.97. The Hall–Kier alpha value is -2.06. The minimum absolute atomic E-state index is 0.171. The number of rotatable bonds is 2. The van der Waals surface area contributed by atoms with Crippen LogP contribution in [0.5, 0.6) is 0 Å². The van der Waals surface area contributed by atoms with Gasteiger partial charge in [0, 0.05) is 25.0 Å². The van der Waals surface area contributed by atoms with Crippen molar-refractivity contribution < 1.29 is 4.74 Å². The summed E-state index contributed by atoms with van der Waals surface area (Å²) in [5.74, 6) is 0.649. The molecule has 1 fully saturated rings. The van der Waals surface area contributed by atoms with Crippen molar-refractivity contribution in [3.8, 4) is 0 Å². The Morgan fingerprint density at radius 3 is 2.83 bits per heavy atom. The summed E-state index contributed by atoms with van der Waals surface area (Å²) in [6.45, 7) is 3.27. The van der Waals surface area contributed by atoms with E-state index in [4.69, 9.17) is 4.74 Å². The molecule has 4 rings (SSSR count). The van der Waals surface area contributed by atoms with E-state index in [1.165, 1.54) is 11.8 Å². The average molecular weight is 346 g/mol. The van der Waals surface area contributed by atoms with Crippen LogP contribution in [0, 0.1) is 0 Å². The van der Waals surface area contributed by atoms with Gasteiger partial charge >= 0.3 is 0 Å². The van der Waals surface area contributed by atoms with Crippen LogP contribution in [-0.2, 0) is 4.74 Å². The average Bonchev–Trinajstić information content (AvgIpc) is 2.92. The standard InChI is InChI=1S/C16H18N4O3S/c1-9-18-14-12(13(24-9)11-3-2-6-17-15(11)21)16(22)19-20(14)10-4-7-23-8-5-10/h2-3,6,10,13H,4-5,7-8H2,1H3,(H,17,21)(H,19,22)/t13-/m1/s1. The van der Waals surface area contributed by atoms with Gasteiger partial charge in [-0.25, -0.2) is 4.99 Å². The first-order chi connectivity index (χ1) is 11.6. The van der Waals surface area contributed by atoms with Crippen LogP contribution in [0.25, 0.3) is 0 Å². The van der Waals surface area contributed by atoms with E-state index in [9.17, 15) is 9.59 Å². The SMILES string of the molecule is CC1=Nc2c(c(=O)[nH]n2C2CCOCC2)[C@@H](c2ccc[nH]c2=O)S1. The van der Waals surface area contributed by atoms with Gasteiger partial charge in [-0.2, -0.15) is 0 Å². The zero-order valence-corrected chi connectivity index (χ0v) is 14.1. The molecule has 2 aromatic rings. The highest BCUT2D eigenvalue weighted by Gasteiger charge is 2.33. The molecule has 8 heteroatoms. The first-order valence-corrected chi connectivity index (χ1v) is 8.85. The molecular weight excluding hydrogens is 328 g/mol. The third-order valence-electron chi connectivity index (χ3n) is 4.44. The number of nitrogens with one attached hydrogen (secondary N) is 2. The van der Waals surface area contributed by atoms with Crippen molar-refractivity contribution in [2.45, 2.75) is 31.1 Å². The third kappa shape index (κ3) is 2.55. The van der Waals surface area contributed by atoms with Gasteiger partial charge in [0.25, 0.3) is 11.1 Å². The maximum absolute atomic E-state index is 12.6. The minimum atomic E-state index is -0.340. The van der Waals surface area contributed by atoms with Crippen LogP contribution >= 0.6 is 11.8 Å². The van der Waals surface area contributed by atoms with Gasteiger partial charge in [-0.1, -0.05) is 17.8 Å². The van der Waals surface area contributed by atoms with E-state index in [2.05, 4.69) is 15.1 Å². The Bertz CT molecular complexity index is 905. The fourth-order valence-electron chi connectivity index (χ4n) is 3.28. The summed E-state index contributed by atoms with van der Waals surface area (Å²) >= 11 is 1.44. The number of pyridine rings is 1. The molecule has 0 saturated carbocycles. The van der Waals surface area contributed by atoms with Crippen LogP contribution in [0.4, 0.5) is 5.82 Å². The van der Waals surface area contributed by atoms with E-state index in [1.807, 2.05) is 11.6 Å². The number of H-pyrrole nitrogens is 2. The van der Waals surface area contributed by atoms with Crippen molar-refractivity contribution in [1.29, 1.82) is 0 Å². The molecule has 0 unspecified atom stereocenters. The molecular formula is C16H18N4O3S. The molecule has 24 heavy (non-hydrogen) atoms. The third-order valence-corrected chi connectivity index (χ3v) is 5.59. The second kappa shape index (κ2) is 6.10. The van der Waals surface area contributed by atoms with E-state index >= 15 is 0 Å². The van der Waals surface area contributed by atoms with E-state index in [0.29, 0.717) is 30.2 Å². The van der Waals surface area contributed by atoms with Gasteiger partial charge < -0.3 is 9.72 Å². The van der Waals surface area contributed by atoms with Gasteiger partial charge in [0.2, 0.25) is 0 Å². The van der Waals surface area contributed by atoms with Crippen molar-refractivity contribution >= 4 is 22.6 Å². The van der Waals surface area contributed by atoms with Gasteiger partial charge in [0.15, 0.2) is 5.82 Å². The molecule has 1 saturated heterocycles. The Morgan fingerprint density at radius 1 is 1.29 bits per heavy atom. The predicted octanol–water partition coefficient (Wildman–Crippen LogP) is 2.10. The Labute approximate surface area is 142 Å². The minimum Gasteiger partial charge on any atom is -0.381 e.